The number of esters is 1. The van der Waals surface area contributed by atoms with Crippen LogP contribution in [0, 0.1) is 0 Å². The van der Waals surface area contributed by atoms with Crippen molar-refractivity contribution in [2.75, 3.05) is 13.2 Å². The maximum atomic E-state index is 11.0. The first-order chi connectivity index (χ1) is 6.74. The largest absolute Gasteiger partial charge is 0.466 e. The highest BCUT2D eigenvalue weighted by molar-refractivity contribution is 5.69. The number of nitrogens with one attached hydrogen (secondary N) is 1. The molecule has 3 nitrogen and oxygen atoms in total. The molecule has 0 saturated heterocycles. The van der Waals surface area contributed by atoms with Gasteiger partial charge in [-0.3, -0.25) is 4.79 Å². The van der Waals surface area contributed by atoms with E-state index < -0.39 is 0 Å². The molecule has 0 aromatic heterocycles. The molecule has 0 amide bonds. The van der Waals surface area contributed by atoms with Crippen LogP contribution in [0.2, 0.25) is 0 Å². The van der Waals surface area contributed by atoms with Gasteiger partial charge in [0.2, 0.25) is 0 Å². The molecular formula is C11H23NO2. The Kier molecular flexibility index (Phi) is 8.64. The Labute approximate surface area is 87.2 Å². The molecule has 0 aliphatic heterocycles. The zero-order chi connectivity index (χ0) is 10.8. The Hall–Kier alpha value is -0.570. The third kappa shape index (κ3) is 6.89. The standard InChI is InChI=1S/C11H23NO2/c1-4-10(5-2)12-9-7-8-11(13)14-6-3/h10,12H,4-9H2,1-3H3. The topological polar surface area (TPSA) is 38.3 Å². The Morgan fingerprint density at radius 3 is 2.43 bits per heavy atom. The zero-order valence-electron chi connectivity index (χ0n) is 9.64. The van der Waals surface area contributed by atoms with E-state index in [0.717, 1.165) is 25.8 Å². The molecule has 0 atom stereocenters. The van der Waals surface area contributed by atoms with Crippen molar-refractivity contribution in [2.24, 2.45) is 0 Å². The van der Waals surface area contributed by atoms with E-state index >= 15 is 0 Å². The SMILES string of the molecule is CCOC(=O)CCCNC(CC)CC. The highest BCUT2D eigenvalue weighted by Gasteiger charge is 2.03. The summed E-state index contributed by atoms with van der Waals surface area (Å²) in [5.74, 6) is -0.0844. The van der Waals surface area contributed by atoms with E-state index in [1.54, 1.807) is 0 Å². The average Bonchev–Trinajstić information content (AvgIpc) is 2.19. The summed E-state index contributed by atoms with van der Waals surface area (Å²) in [6, 6.07) is 0.595. The van der Waals surface area contributed by atoms with Gasteiger partial charge in [0.1, 0.15) is 0 Å². The van der Waals surface area contributed by atoms with Crippen LogP contribution in [0.4, 0.5) is 0 Å². The Morgan fingerprint density at radius 2 is 1.93 bits per heavy atom. The fourth-order valence-electron chi connectivity index (χ4n) is 1.35. The van der Waals surface area contributed by atoms with Crippen LogP contribution in [0.5, 0.6) is 0 Å². The zero-order valence-corrected chi connectivity index (χ0v) is 9.64. The van der Waals surface area contributed by atoms with Gasteiger partial charge in [0.05, 0.1) is 6.61 Å². The van der Waals surface area contributed by atoms with Gasteiger partial charge in [-0.25, -0.2) is 0 Å². The number of hydrogen-bond donors (Lipinski definition) is 1. The summed E-state index contributed by atoms with van der Waals surface area (Å²) >= 11 is 0. The predicted molar refractivity (Wildman–Crippen MR) is 58.2 cm³/mol. The molecular weight excluding hydrogens is 178 g/mol. The summed E-state index contributed by atoms with van der Waals surface area (Å²) in [5.41, 5.74) is 0. The van der Waals surface area contributed by atoms with E-state index in [1.807, 2.05) is 6.92 Å². The smallest absolute Gasteiger partial charge is 0.305 e. The van der Waals surface area contributed by atoms with Gasteiger partial charge in [0, 0.05) is 12.5 Å². The molecule has 0 rings (SSSR count). The monoisotopic (exact) mass is 201 g/mol. The summed E-state index contributed by atoms with van der Waals surface area (Å²) in [4.78, 5) is 11.0. The number of rotatable bonds is 8. The van der Waals surface area contributed by atoms with Crippen LogP contribution in [0.25, 0.3) is 0 Å². The average molecular weight is 201 g/mol. The van der Waals surface area contributed by atoms with E-state index in [-0.39, 0.29) is 5.97 Å². The van der Waals surface area contributed by atoms with E-state index in [1.165, 1.54) is 0 Å². The van der Waals surface area contributed by atoms with Crippen molar-refractivity contribution in [3.05, 3.63) is 0 Å². The van der Waals surface area contributed by atoms with E-state index in [2.05, 4.69) is 19.2 Å². The van der Waals surface area contributed by atoms with Gasteiger partial charge in [-0.1, -0.05) is 13.8 Å². The fourth-order valence-corrected chi connectivity index (χ4v) is 1.35. The summed E-state index contributed by atoms with van der Waals surface area (Å²) in [6.07, 6.45) is 3.70. The van der Waals surface area contributed by atoms with Gasteiger partial charge in [-0.05, 0) is 32.7 Å². The molecule has 0 aliphatic carbocycles. The molecule has 1 N–H and O–H groups in total. The molecule has 0 aromatic rings. The number of hydrogen-bond acceptors (Lipinski definition) is 3. The van der Waals surface area contributed by atoms with Crippen LogP contribution in [0.15, 0.2) is 0 Å². The Morgan fingerprint density at radius 1 is 1.29 bits per heavy atom. The van der Waals surface area contributed by atoms with Crippen LogP contribution in [-0.2, 0) is 9.53 Å². The van der Waals surface area contributed by atoms with Crippen molar-refractivity contribution < 1.29 is 9.53 Å². The van der Waals surface area contributed by atoms with Gasteiger partial charge in [-0.2, -0.15) is 0 Å². The van der Waals surface area contributed by atoms with Gasteiger partial charge in [0.15, 0.2) is 0 Å². The molecule has 14 heavy (non-hydrogen) atoms. The van der Waals surface area contributed by atoms with E-state index in [9.17, 15) is 4.79 Å². The number of carbonyl (C=O) groups excluding carboxylic acids is 1. The van der Waals surface area contributed by atoms with E-state index in [4.69, 9.17) is 4.74 Å². The third-order valence-corrected chi connectivity index (χ3v) is 2.28. The summed E-state index contributed by atoms with van der Waals surface area (Å²) in [7, 11) is 0. The number of ether oxygens (including phenoxy) is 1. The second-order valence-corrected chi connectivity index (χ2v) is 3.38. The molecule has 0 fully saturated rings. The first kappa shape index (κ1) is 13.4. The lowest BCUT2D eigenvalue weighted by Gasteiger charge is -2.13. The predicted octanol–water partition coefficient (Wildman–Crippen LogP) is 2.11. The number of carbonyl (C=O) groups is 1. The quantitative estimate of drug-likeness (QED) is 0.483. The van der Waals surface area contributed by atoms with Gasteiger partial charge < -0.3 is 10.1 Å². The molecule has 0 aliphatic rings. The molecule has 0 bridgehead atoms. The maximum Gasteiger partial charge on any atom is 0.305 e. The van der Waals surface area contributed by atoms with Crippen molar-refractivity contribution in [2.45, 2.75) is 52.5 Å². The van der Waals surface area contributed by atoms with Crippen molar-refractivity contribution in [3.63, 3.8) is 0 Å². The maximum absolute atomic E-state index is 11.0. The van der Waals surface area contributed by atoms with E-state index in [0.29, 0.717) is 19.1 Å². The van der Waals surface area contributed by atoms with Crippen molar-refractivity contribution in [3.8, 4) is 0 Å². The highest BCUT2D eigenvalue weighted by Crippen LogP contribution is 1.97. The second-order valence-electron chi connectivity index (χ2n) is 3.38. The van der Waals surface area contributed by atoms with Crippen LogP contribution in [0.3, 0.4) is 0 Å². The molecule has 0 spiro atoms. The Bertz CT molecular complexity index is 144. The van der Waals surface area contributed by atoms with Crippen LogP contribution < -0.4 is 5.32 Å². The van der Waals surface area contributed by atoms with Crippen LogP contribution in [0.1, 0.15) is 46.5 Å². The first-order valence-electron chi connectivity index (χ1n) is 5.63. The lowest BCUT2D eigenvalue weighted by molar-refractivity contribution is -0.143. The van der Waals surface area contributed by atoms with Gasteiger partial charge >= 0.3 is 5.97 Å². The first-order valence-corrected chi connectivity index (χ1v) is 5.63. The molecule has 0 radical (unpaired) electrons. The minimum absolute atomic E-state index is 0.0844. The molecule has 0 unspecified atom stereocenters. The molecule has 0 saturated carbocycles. The second kappa shape index (κ2) is 9.00. The lowest BCUT2D eigenvalue weighted by Crippen LogP contribution is -2.28. The third-order valence-electron chi connectivity index (χ3n) is 2.28. The normalized spacial score (nSPS) is 10.6. The minimum atomic E-state index is -0.0844. The highest BCUT2D eigenvalue weighted by atomic mass is 16.5. The van der Waals surface area contributed by atoms with Crippen molar-refractivity contribution >= 4 is 5.97 Å². The minimum Gasteiger partial charge on any atom is -0.466 e. The van der Waals surface area contributed by atoms with Crippen molar-refractivity contribution in [1.82, 2.24) is 5.32 Å². The van der Waals surface area contributed by atoms with Crippen LogP contribution >= 0.6 is 0 Å². The molecule has 0 aromatic carbocycles. The lowest BCUT2D eigenvalue weighted by atomic mass is 10.1. The fraction of sp³-hybridized carbons (Fsp3) is 0.909. The van der Waals surface area contributed by atoms with Crippen LogP contribution in [-0.4, -0.2) is 25.2 Å². The van der Waals surface area contributed by atoms with Gasteiger partial charge in [0.25, 0.3) is 0 Å². The molecule has 3 heteroatoms. The molecule has 84 valence electrons. The summed E-state index contributed by atoms with van der Waals surface area (Å²) in [5, 5.41) is 3.41. The van der Waals surface area contributed by atoms with Crippen molar-refractivity contribution in [1.29, 1.82) is 0 Å². The Balaban J connectivity index is 3.32. The van der Waals surface area contributed by atoms with Gasteiger partial charge in [-0.15, -0.1) is 0 Å². The summed E-state index contributed by atoms with van der Waals surface area (Å²) < 4.78 is 4.83. The summed E-state index contributed by atoms with van der Waals surface area (Å²) in [6.45, 7) is 7.57. The molecule has 0 heterocycles.